The molecule has 3 aromatic rings. The number of nitrogens with one attached hydrogen (secondary N) is 1. The van der Waals surface area contributed by atoms with Crippen molar-refractivity contribution >= 4 is 39.9 Å². The summed E-state index contributed by atoms with van der Waals surface area (Å²) in [5, 5.41) is 3.69. The van der Waals surface area contributed by atoms with Gasteiger partial charge >= 0.3 is 0 Å². The summed E-state index contributed by atoms with van der Waals surface area (Å²) in [7, 11) is 1.98. The van der Waals surface area contributed by atoms with E-state index in [1.54, 1.807) is 6.92 Å². The number of fused-ring (bicyclic) bond motifs is 1. The lowest BCUT2D eigenvalue weighted by molar-refractivity contribution is -0.140. The minimum Gasteiger partial charge on any atom is -0.383 e. The number of likely N-dealkylation sites (tertiary alicyclic amines) is 1. The van der Waals surface area contributed by atoms with Crippen LogP contribution in [0.2, 0.25) is 0 Å². The molecule has 8 nitrogen and oxygen atoms in total. The van der Waals surface area contributed by atoms with E-state index in [4.69, 9.17) is 5.73 Å². The first-order chi connectivity index (χ1) is 17.7. The average Bonchev–Trinajstić information content (AvgIpc) is 3.52. The van der Waals surface area contributed by atoms with E-state index < -0.39 is 0 Å². The molecule has 0 spiro atoms. The fraction of sp³-hybridized carbons (Fsp3) is 0.379. The van der Waals surface area contributed by atoms with Crippen molar-refractivity contribution in [2.45, 2.75) is 46.0 Å². The van der Waals surface area contributed by atoms with Gasteiger partial charge in [-0.25, -0.2) is 9.97 Å². The lowest BCUT2D eigenvalue weighted by Gasteiger charge is -2.35. The average molecular weight is 499 g/mol. The molecule has 3 N–H and O–H groups in total. The van der Waals surface area contributed by atoms with E-state index in [1.807, 2.05) is 40.8 Å². The third-order valence-electron chi connectivity index (χ3n) is 7.78. The molecule has 0 saturated carbocycles. The number of benzene rings is 1. The monoisotopic (exact) mass is 498 g/mol. The Balaban J connectivity index is 1.55. The van der Waals surface area contributed by atoms with Crippen LogP contribution in [0, 0.1) is 5.41 Å². The summed E-state index contributed by atoms with van der Waals surface area (Å²) < 4.78 is 2.05. The summed E-state index contributed by atoms with van der Waals surface area (Å²) in [5.41, 5.74) is 12.1. The molecule has 37 heavy (non-hydrogen) atoms. The number of aryl methyl sites for hydroxylation is 1. The number of aromatic nitrogens is 3. The number of nitrogens with two attached hydrogens (primary N) is 1. The summed E-state index contributed by atoms with van der Waals surface area (Å²) in [6.45, 7) is 9.21. The number of carbonyl (C=O) groups is 2. The maximum Gasteiger partial charge on any atom is 0.250 e. The van der Waals surface area contributed by atoms with Gasteiger partial charge in [0.25, 0.3) is 5.91 Å². The summed E-state index contributed by atoms with van der Waals surface area (Å²) in [6.07, 6.45) is 8.13. The van der Waals surface area contributed by atoms with Crippen LogP contribution in [0.3, 0.4) is 0 Å². The zero-order valence-corrected chi connectivity index (χ0v) is 21.8. The second kappa shape index (κ2) is 9.50. The molecule has 192 valence electrons. The largest absolute Gasteiger partial charge is 0.383 e. The zero-order chi connectivity index (χ0) is 26.3. The molecule has 1 aromatic carbocycles. The molecule has 1 aliphatic heterocycles. The van der Waals surface area contributed by atoms with Gasteiger partial charge in [0.05, 0.1) is 16.5 Å². The highest BCUT2D eigenvalue weighted by molar-refractivity contribution is 6.05. The van der Waals surface area contributed by atoms with Crippen LogP contribution in [0.15, 0.2) is 48.8 Å². The Hall–Kier alpha value is -3.94. The predicted octanol–water partition coefficient (Wildman–Crippen LogP) is 4.93. The number of nitrogen functional groups attached to an aromatic ring is 1. The third-order valence-corrected chi connectivity index (χ3v) is 7.78. The van der Waals surface area contributed by atoms with Gasteiger partial charge in [-0.15, -0.1) is 0 Å². The molecule has 1 atom stereocenters. The maximum atomic E-state index is 13.3. The van der Waals surface area contributed by atoms with Crippen LogP contribution in [0.5, 0.6) is 0 Å². The molecule has 8 heteroatoms. The summed E-state index contributed by atoms with van der Waals surface area (Å²) in [6, 6.07) is 7.74. The van der Waals surface area contributed by atoms with Gasteiger partial charge in [0.1, 0.15) is 17.8 Å². The van der Waals surface area contributed by atoms with Gasteiger partial charge in [-0.05, 0) is 62.3 Å². The molecule has 2 amide bonds. The first kappa shape index (κ1) is 24.7. The van der Waals surface area contributed by atoms with Crippen LogP contribution in [0.1, 0.15) is 51.5 Å². The number of nitrogens with zero attached hydrogens (tertiary/aromatic N) is 4. The van der Waals surface area contributed by atoms with Crippen molar-refractivity contribution in [2.24, 2.45) is 12.5 Å². The van der Waals surface area contributed by atoms with E-state index in [0.717, 1.165) is 72.2 Å². The standard InChI is InChI=1S/C29H34N6O2/c1-18(2)27(36)33-21-9-7-20(8-10-21)24-22(23-25(30)31-17-32-26(23)34(24)4)19-11-13-29(3,14-12-19)28(37)35-15-5-6-16-35/h7-11,17H,1,5-6,12-16H2,2-4H3,(H,33,36)(H2,30,31,32). The second-order valence-corrected chi connectivity index (χ2v) is 10.5. The Kier molecular flexibility index (Phi) is 6.35. The van der Waals surface area contributed by atoms with Crippen molar-refractivity contribution in [3.8, 4) is 11.3 Å². The lowest BCUT2D eigenvalue weighted by atomic mass is 9.74. The van der Waals surface area contributed by atoms with Crippen LogP contribution in [-0.2, 0) is 16.6 Å². The molecule has 1 fully saturated rings. The van der Waals surface area contributed by atoms with E-state index in [1.165, 1.54) is 6.33 Å². The van der Waals surface area contributed by atoms with Gasteiger partial charge < -0.3 is 20.5 Å². The minimum atomic E-state index is -0.385. The number of hydrogen-bond donors (Lipinski definition) is 2. The molecule has 2 aliphatic rings. The van der Waals surface area contributed by atoms with Crippen molar-refractivity contribution in [2.75, 3.05) is 24.1 Å². The topological polar surface area (TPSA) is 106 Å². The van der Waals surface area contributed by atoms with Gasteiger partial charge in [0, 0.05) is 37.0 Å². The van der Waals surface area contributed by atoms with Crippen molar-refractivity contribution in [3.63, 3.8) is 0 Å². The molecular formula is C29H34N6O2. The summed E-state index contributed by atoms with van der Waals surface area (Å²) in [4.78, 5) is 36.2. The molecule has 0 radical (unpaired) electrons. The third kappa shape index (κ3) is 4.41. The molecule has 1 saturated heterocycles. The van der Waals surface area contributed by atoms with Gasteiger partial charge in [0.2, 0.25) is 5.91 Å². The Labute approximate surface area is 217 Å². The summed E-state index contributed by atoms with van der Waals surface area (Å²) in [5.74, 6) is 0.503. The van der Waals surface area contributed by atoms with E-state index in [0.29, 0.717) is 23.5 Å². The van der Waals surface area contributed by atoms with Crippen LogP contribution in [0.4, 0.5) is 11.5 Å². The van der Waals surface area contributed by atoms with Crippen LogP contribution >= 0.6 is 0 Å². The van der Waals surface area contributed by atoms with Crippen molar-refractivity contribution < 1.29 is 9.59 Å². The number of anilines is 2. The number of allylic oxidation sites excluding steroid dienone is 2. The Morgan fingerprint density at radius 3 is 2.46 bits per heavy atom. The molecule has 5 rings (SSSR count). The zero-order valence-electron chi connectivity index (χ0n) is 21.8. The van der Waals surface area contributed by atoms with Crippen molar-refractivity contribution in [3.05, 3.63) is 54.4 Å². The number of rotatable bonds is 5. The van der Waals surface area contributed by atoms with E-state index in [-0.39, 0.29) is 17.2 Å². The molecule has 0 bridgehead atoms. The Bertz CT molecular complexity index is 1430. The van der Waals surface area contributed by atoms with Gasteiger partial charge in [-0.3, -0.25) is 9.59 Å². The first-order valence-electron chi connectivity index (χ1n) is 12.8. The van der Waals surface area contributed by atoms with E-state index in [9.17, 15) is 9.59 Å². The fourth-order valence-electron chi connectivity index (χ4n) is 5.56. The second-order valence-electron chi connectivity index (χ2n) is 10.5. The SMILES string of the molecule is C=C(C)C(=O)Nc1ccc(-c2c(C3=CCC(C)(C(=O)N4CCCC4)CC3)c3c(N)ncnc3n2C)cc1. The molecular weight excluding hydrogens is 464 g/mol. The Morgan fingerprint density at radius 1 is 1.14 bits per heavy atom. The number of amides is 2. The first-order valence-corrected chi connectivity index (χ1v) is 12.8. The highest BCUT2D eigenvalue weighted by atomic mass is 16.2. The normalized spacial score (nSPS) is 19.6. The quantitative estimate of drug-likeness (QED) is 0.485. The number of hydrogen-bond acceptors (Lipinski definition) is 5. The van der Waals surface area contributed by atoms with Gasteiger partial charge in [-0.1, -0.05) is 31.7 Å². The minimum absolute atomic E-state index is 0.208. The predicted molar refractivity (Wildman–Crippen MR) is 148 cm³/mol. The highest BCUT2D eigenvalue weighted by Crippen LogP contribution is 2.46. The maximum absolute atomic E-state index is 13.3. The van der Waals surface area contributed by atoms with E-state index >= 15 is 0 Å². The summed E-state index contributed by atoms with van der Waals surface area (Å²) >= 11 is 0. The van der Waals surface area contributed by atoms with Crippen LogP contribution in [0.25, 0.3) is 27.9 Å². The molecule has 3 heterocycles. The molecule has 1 unspecified atom stereocenters. The Morgan fingerprint density at radius 2 is 1.84 bits per heavy atom. The van der Waals surface area contributed by atoms with Crippen molar-refractivity contribution in [1.29, 1.82) is 0 Å². The number of carbonyl (C=O) groups excluding carboxylic acids is 2. The van der Waals surface area contributed by atoms with E-state index in [2.05, 4.69) is 34.9 Å². The van der Waals surface area contributed by atoms with Gasteiger partial charge in [0.15, 0.2) is 0 Å². The van der Waals surface area contributed by atoms with Crippen molar-refractivity contribution in [1.82, 2.24) is 19.4 Å². The smallest absolute Gasteiger partial charge is 0.250 e. The molecule has 1 aliphatic carbocycles. The molecule has 2 aromatic heterocycles. The fourth-order valence-corrected chi connectivity index (χ4v) is 5.56. The lowest BCUT2D eigenvalue weighted by Crippen LogP contribution is -2.41. The van der Waals surface area contributed by atoms with Crippen LogP contribution < -0.4 is 11.1 Å². The highest BCUT2D eigenvalue weighted by Gasteiger charge is 2.39. The van der Waals surface area contributed by atoms with Crippen LogP contribution in [-0.4, -0.2) is 44.3 Å². The van der Waals surface area contributed by atoms with Gasteiger partial charge in [-0.2, -0.15) is 0 Å².